The van der Waals surface area contributed by atoms with Crippen LogP contribution in [0.15, 0.2) is 24.3 Å². The molecule has 5 nitrogen and oxygen atoms in total. The minimum Gasteiger partial charge on any atom is -0.393 e. The highest BCUT2D eigenvalue weighted by Crippen LogP contribution is 2.18. The quantitative estimate of drug-likeness (QED) is 0.561. The number of hydrogen-bond donors (Lipinski definition) is 3. The minimum absolute atomic E-state index is 0.0521. The van der Waals surface area contributed by atoms with Gasteiger partial charge in [0.2, 0.25) is 0 Å². The van der Waals surface area contributed by atoms with Gasteiger partial charge in [0.05, 0.1) is 6.10 Å². The van der Waals surface area contributed by atoms with Crippen molar-refractivity contribution in [2.45, 2.75) is 37.8 Å². The number of nitrogens with one attached hydrogen (secondary N) is 2. The lowest BCUT2D eigenvalue weighted by Gasteiger charge is -2.25. The van der Waals surface area contributed by atoms with Crippen LogP contribution >= 0.6 is 0 Å². The van der Waals surface area contributed by atoms with Crippen LogP contribution in [0.3, 0.4) is 0 Å². The van der Waals surface area contributed by atoms with Crippen molar-refractivity contribution in [1.82, 2.24) is 5.32 Å². The molecule has 0 radical (unpaired) electrons. The predicted molar refractivity (Wildman–Crippen MR) is 79.4 cm³/mol. The topological polar surface area (TPSA) is 78.4 Å². The number of aliphatic hydroxyl groups is 1. The summed E-state index contributed by atoms with van der Waals surface area (Å²) in [6, 6.07) is 6.70. The molecular formula is C16H18N2O3. The standard InChI is InChI=1S/C16H18N2O3/c1-2-11-4-3-5-13(10-11)18-16(21)15(20)17-12-6-8-14(19)9-7-12/h1,3-5,10,12,14,19H,6-9H2,(H,17,20)(H,18,21). The maximum absolute atomic E-state index is 11.8. The van der Waals surface area contributed by atoms with E-state index in [1.54, 1.807) is 24.3 Å². The lowest BCUT2D eigenvalue weighted by atomic mass is 9.93. The third-order valence-electron chi connectivity index (χ3n) is 3.53. The summed E-state index contributed by atoms with van der Waals surface area (Å²) in [5, 5.41) is 14.6. The number of carbonyl (C=O) groups is 2. The van der Waals surface area contributed by atoms with Gasteiger partial charge in [-0.1, -0.05) is 12.0 Å². The number of carbonyl (C=O) groups excluding carboxylic acids is 2. The van der Waals surface area contributed by atoms with Gasteiger partial charge < -0.3 is 15.7 Å². The monoisotopic (exact) mass is 286 g/mol. The Balaban J connectivity index is 1.88. The fourth-order valence-corrected chi connectivity index (χ4v) is 2.35. The molecule has 3 N–H and O–H groups in total. The van der Waals surface area contributed by atoms with Crippen molar-refractivity contribution in [3.63, 3.8) is 0 Å². The van der Waals surface area contributed by atoms with Gasteiger partial charge >= 0.3 is 11.8 Å². The second-order valence-corrected chi connectivity index (χ2v) is 5.16. The van der Waals surface area contributed by atoms with E-state index in [-0.39, 0.29) is 12.1 Å². The first kappa shape index (κ1) is 15.1. The molecule has 1 saturated carbocycles. The van der Waals surface area contributed by atoms with E-state index in [1.807, 2.05) is 0 Å². The van der Waals surface area contributed by atoms with Gasteiger partial charge in [-0.2, -0.15) is 0 Å². The summed E-state index contributed by atoms with van der Waals surface area (Å²) in [4.78, 5) is 23.7. The van der Waals surface area contributed by atoms with Crippen molar-refractivity contribution in [2.24, 2.45) is 0 Å². The van der Waals surface area contributed by atoms with Crippen LogP contribution in [0.2, 0.25) is 0 Å². The van der Waals surface area contributed by atoms with Crippen LogP contribution < -0.4 is 10.6 Å². The van der Waals surface area contributed by atoms with Crippen molar-refractivity contribution < 1.29 is 14.7 Å². The highest BCUT2D eigenvalue weighted by molar-refractivity contribution is 6.39. The zero-order chi connectivity index (χ0) is 15.2. The number of terminal acetylenes is 1. The Morgan fingerprint density at radius 1 is 1.19 bits per heavy atom. The van der Waals surface area contributed by atoms with E-state index >= 15 is 0 Å². The summed E-state index contributed by atoms with van der Waals surface area (Å²) in [6.07, 6.45) is 7.66. The van der Waals surface area contributed by atoms with Gasteiger partial charge in [-0.05, 0) is 43.9 Å². The first-order valence-electron chi connectivity index (χ1n) is 6.95. The average Bonchev–Trinajstić information content (AvgIpc) is 2.49. The molecule has 5 heteroatoms. The molecule has 1 aliphatic carbocycles. The summed E-state index contributed by atoms with van der Waals surface area (Å²) in [7, 11) is 0. The fourth-order valence-electron chi connectivity index (χ4n) is 2.35. The zero-order valence-electron chi connectivity index (χ0n) is 11.6. The van der Waals surface area contributed by atoms with E-state index < -0.39 is 11.8 Å². The number of amides is 2. The summed E-state index contributed by atoms with van der Waals surface area (Å²) in [5.41, 5.74) is 1.12. The van der Waals surface area contributed by atoms with Gasteiger partial charge in [-0.25, -0.2) is 0 Å². The van der Waals surface area contributed by atoms with Crippen molar-refractivity contribution in [2.75, 3.05) is 5.32 Å². The third-order valence-corrected chi connectivity index (χ3v) is 3.53. The number of benzene rings is 1. The summed E-state index contributed by atoms with van der Waals surface area (Å²) in [6.45, 7) is 0. The van der Waals surface area contributed by atoms with Crippen LogP contribution in [0.5, 0.6) is 0 Å². The number of anilines is 1. The van der Waals surface area contributed by atoms with E-state index in [4.69, 9.17) is 6.42 Å². The molecular weight excluding hydrogens is 268 g/mol. The Hall–Kier alpha value is -2.32. The van der Waals surface area contributed by atoms with Gasteiger partial charge in [-0.15, -0.1) is 6.42 Å². The molecule has 1 fully saturated rings. The minimum atomic E-state index is -0.713. The van der Waals surface area contributed by atoms with Crippen molar-refractivity contribution in [1.29, 1.82) is 0 Å². The fraction of sp³-hybridized carbons (Fsp3) is 0.375. The number of rotatable bonds is 2. The van der Waals surface area contributed by atoms with E-state index in [0.717, 1.165) is 0 Å². The molecule has 110 valence electrons. The van der Waals surface area contributed by atoms with Crippen LogP contribution in [-0.4, -0.2) is 29.1 Å². The Morgan fingerprint density at radius 3 is 2.57 bits per heavy atom. The number of hydrogen-bond acceptors (Lipinski definition) is 3. The normalized spacial score (nSPS) is 21.1. The van der Waals surface area contributed by atoms with Crippen LogP contribution in [0.4, 0.5) is 5.69 Å². The Bertz CT molecular complexity index is 569. The van der Waals surface area contributed by atoms with Crippen LogP contribution in [-0.2, 0) is 9.59 Å². The molecule has 1 aromatic rings. The largest absolute Gasteiger partial charge is 0.393 e. The first-order chi connectivity index (χ1) is 10.1. The molecule has 0 bridgehead atoms. The highest BCUT2D eigenvalue weighted by atomic mass is 16.3. The van der Waals surface area contributed by atoms with Crippen molar-refractivity contribution >= 4 is 17.5 Å². The second-order valence-electron chi connectivity index (χ2n) is 5.16. The summed E-state index contributed by atoms with van der Waals surface area (Å²) < 4.78 is 0. The van der Waals surface area contributed by atoms with Crippen LogP contribution in [0.25, 0.3) is 0 Å². The molecule has 0 saturated heterocycles. The summed E-state index contributed by atoms with van der Waals surface area (Å²) in [5.74, 6) is 1.09. The van der Waals surface area contributed by atoms with Crippen molar-refractivity contribution in [3.05, 3.63) is 29.8 Å². The first-order valence-corrected chi connectivity index (χ1v) is 6.95. The van der Waals surface area contributed by atoms with Crippen LogP contribution in [0.1, 0.15) is 31.2 Å². The molecule has 21 heavy (non-hydrogen) atoms. The third kappa shape index (κ3) is 4.33. The van der Waals surface area contributed by atoms with E-state index in [0.29, 0.717) is 36.9 Å². The highest BCUT2D eigenvalue weighted by Gasteiger charge is 2.23. The smallest absolute Gasteiger partial charge is 0.313 e. The lowest BCUT2D eigenvalue weighted by molar-refractivity contribution is -0.136. The van der Waals surface area contributed by atoms with Crippen LogP contribution in [0, 0.1) is 12.3 Å². The summed E-state index contributed by atoms with van der Waals surface area (Å²) >= 11 is 0. The maximum Gasteiger partial charge on any atom is 0.313 e. The van der Waals surface area contributed by atoms with Gasteiger partial charge in [0.25, 0.3) is 0 Å². The SMILES string of the molecule is C#Cc1cccc(NC(=O)C(=O)NC2CCC(O)CC2)c1. The average molecular weight is 286 g/mol. The second kappa shape index (κ2) is 6.91. The van der Waals surface area contributed by atoms with E-state index in [1.165, 1.54) is 0 Å². The Morgan fingerprint density at radius 2 is 1.90 bits per heavy atom. The molecule has 0 atom stereocenters. The Labute approximate surface area is 123 Å². The Kier molecular flexibility index (Phi) is 4.96. The molecule has 2 amide bonds. The van der Waals surface area contributed by atoms with Gasteiger partial charge in [0.15, 0.2) is 0 Å². The number of aliphatic hydroxyl groups excluding tert-OH is 1. The maximum atomic E-state index is 11.8. The van der Waals surface area contributed by atoms with E-state index in [2.05, 4.69) is 16.6 Å². The molecule has 0 spiro atoms. The predicted octanol–water partition coefficient (Wildman–Crippen LogP) is 1.03. The molecule has 2 rings (SSSR count). The molecule has 0 heterocycles. The molecule has 0 aromatic heterocycles. The molecule has 0 aliphatic heterocycles. The van der Waals surface area contributed by atoms with Gasteiger partial charge in [-0.3, -0.25) is 9.59 Å². The molecule has 1 aliphatic rings. The molecule has 0 unspecified atom stereocenters. The zero-order valence-corrected chi connectivity index (χ0v) is 11.6. The van der Waals surface area contributed by atoms with Gasteiger partial charge in [0.1, 0.15) is 0 Å². The van der Waals surface area contributed by atoms with Crippen molar-refractivity contribution in [3.8, 4) is 12.3 Å². The van der Waals surface area contributed by atoms with E-state index in [9.17, 15) is 14.7 Å². The molecule has 1 aromatic carbocycles. The lowest BCUT2D eigenvalue weighted by Crippen LogP contribution is -2.43. The van der Waals surface area contributed by atoms with Gasteiger partial charge in [0, 0.05) is 17.3 Å².